The van der Waals surface area contributed by atoms with E-state index in [0.29, 0.717) is 6.54 Å². The molecule has 0 heterocycles. The summed E-state index contributed by atoms with van der Waals surface area (Å²) in [5.74, 6) is 0. The van der Waals surface area contributed by atoms with Gasteiger partial charge in [-0.2, -0.15) is 0 Å². The van der Waals surface area contributed by atoms with Crippen molar-refractivity contribution >= 4 is 10.9 Å². The van der Waals surface area contributed by atoms with Gasteiger partial charge in [0.25, 0.3) is 0 Å². The summed E-state index contributed by atoms with van der Waals surface area (Å²) in [5.41, 5.74) is 6.90. The van der Waals surface area contributed by atoms with Gasteiger partial charge in [-0.3, -0.25) is 0 Å². The fourth-order valence-electron chi connectivity index (χ4n) is 1.72. The molecule has 0 radical (unpaired) electrons. The number of rotatable bonds is 6. The maximum absolute atomic E-state index is 10.8. The van der Waals surface area contributed by atoms with Crippen molar-refractivity contribution in [1.82, 2.24) is 9.62 Å². The van der Waals surface area contributed by atoms with Gasteiger partial charge in [0, 0.05) is 12.6 Å². The second-order valence-corrected chi connectivity index (χ2v) is 4.97. The molecule has 0 aliphatic carbocycles. The van der Waals surface area contributed by atoms with E-state index in [-0.39, 0.29) is 12.1 Å². The van der Waals surface area contributed by atoms with Crippen molar-refractivity contribution in [1.29, 1.82) is 0 Å². The number of nitrogens with one attached hydrogen (secondary N) is 1. The molecular formula is C11H19N3O2S. The Labute approximate surface area is 104 Å². The predicted molar refractivity (Wildman–Crippen MR) is 69.2 cm³/mol. The van der Waals surface area contributed by atoms with Crippen LogP contribution in [0.2, 0.25) is 0 Å². The normalized spacial score (nSPS) is 15.1. The van der Waals surface area contributed by atoms with Gasteiger partial charge in [0.2, 0.25) is 10.9 Å². The topological polar surface area (TPSA) is 75.4 Å². The lowest BCUT2D eigenvalue weighted by molar-refractivity contribution is 0.339. The van der Waals surface area contributed by atoms with Crippen molar-refractivity contribution in [3.63, 3.8) is 0 Å². The monoisotopic (exact) mass is 257 g/mol. The van der Waals surface area contributed by atoms with Crippen molar-refractivity contribution in [3.05, 3.63) is 35.9 Å². The fourth-order valence-corrected chi connectivity index (χ4v) is 2.29. The van der Waals surface area contributed by atoms with Gasteiger partial charge in [0.1, 0.15) is 0 Å². The zero-order valence-electron chi connectivity index (χ0n) is 10.0. The second-order valence-electron chi connectivity index (χ2n) is 4.20. The smallest absolute Gasteiger partial charge is 0.202 e. The predicted octanol–water partition coefficient (Wildman–Crippen LogP) is -0.267. The van der Waals surface area contributed by atoms with E-state index < -0.39 is 10.9 Å². The van der Waals surface area contributed by atoms with E-state index in [9.17, 15) is 8.42 Å². The van der Waals surface area contributed by atoms with Crippen molar-refractivity contribution in [2.24, 2.45) is 5.73 Å². The number of nitrogens with zero attached hydrogens (tertiary/aromatic N) is 1. The summed E-state index contributed by atoms with van der Waals surface area (Å²) in [6.45, 7) is 0.607. The van der Waals surface area contributed by atoms with Gasteiger partial charge in [0.05, 0.1) is 6.04 Å². The average Bonchev–Trinajstić information content (AvgIpc) is 2.25. The molecule has 0 fully saturated rings. The van der Waals surface area contributed by atoms with Crippen molar-refractivity contribution in [2.45, 2.75) is 12.1 Å². The summed E-state index contributed by atoms with van der Waals surface area (Å²) in [4.78, 5) is 1.93. The Bertz CT molecular complexity index is 398. The molecule has 96 valence electrons. The molecule has 1 aromatic rings. The summed E-state index contributed by atoms with van der Waals surface area (Å²) in [6, 6.07) is 8.67. The quantitative estimate of drug-likeness (QED) is 0.613. The third-order valence-electron chi connectivity index (χ3n) is 2.41. The maximum Gasteiger partial charge on any atom is 0.202 e. The van der Waals surface area contributed by atoms with Crippen LogP contribution in [-0.2, 0) is 10.9 Å². The molecule has 5 nitrogen and oxygen atoms in total. The highest BCUT2D eigenvalue weighted by atomic mass is 32.2. The SMILES string of the molecule is CN(C)C[C@@H](N)[C@@H](N[SH](=O)=O)c1ccccc1. The van der Waals surface area contributed by atoms with Gasteiger partial charge in [-0.1, -0.05) is 30.3 Å². The van der Waals surface area contributed by atoms with Crippen molar-refractivity contribution in [3.8, 4) is 0 Å². The van der Waals surface area contributed by atoms with Crippen LogP contribution < -0.4 is 10.5 Å². The van der Waals surface area contributed by atoms with E-state index in [2.05, 4.69) is 4.72 Å². The number of benzene rings is 1. The Morgan fingerprint density at radius 3 is 2.35 bits per heavy atom. The number of likely N-dealkylation sites (N-methyl/N-ethyl adjacent to an activating group) is 1. The molecule has 17 heavy (non-hydrogen) atoms. The van der Waals surface area contributed by atoms with Gasteiger partial charge >= 0.3 is 0 Å². The Morgan fingerprint density at radius 1 is 1.29 bits per heavy atom. The minimum atomic E-state index is -2.67. The Kier molecular flexibility index (Phi) is 5.57. The van der Waals surface area contributed by atoms with Crippen LogP contribution in [-0.4, -0.2) is 40.0 Å². The molecule has 0 aliphatic heterocycles. The molecule has 0 amide bonds. The largest absolute Gasteiger partial charge is 0.325 e. The van der Waals surface area contributed by atoms with E-state index in [4.69, 9.17) is 5.73 Å². The van der Waals surface area contributed by atoms with Gasteiger partial charge in [-0.25, -0.2) is 13.1 Å². The van der Waals surface area contributed by atoms with Crippen molar-refractivity contribution < 1.29 is 8.42 Å². The zero-order chi connectivity index (χ0) is 12.8. The lowest BCUT2D eigenvalue weighted by Crippen LogP contribution is -2.43. The van der Waals surface area contributed by atoms with E-state index in [1.54, 1.807) is 0 Å². The zero-order valence-corrected chi connectivity index (χ0v) is 10.9. The molecule has 6 heteroatoms. The summed E-state index contributed by atoms with van der Waals surface area (Å²) in [6.07, 6.45) is 0. The molecule has 0 aliphatic rings. The molecule has 0 aromatic heterocycles. The molecule has 0 unspecified atom stereocenters. The standard InChI is InChI=1S/C11H19N3O2S/c1-14(2)8-10(12)11(13-17(15)16)9-6-4-3-5-7-9/h3-7,10-11,17H,8,12H2,1-2H3,(H,13,15,16)/t10-,11+/m1/s1. The lowest BCUT2D eigenvalue weighted by atomic mass is 10.0. The van der Waals surface area contributed by atoms with Crippen molar-refractivity contribution in [2.75, 3.05) is 20.6 Å². The molecule has 1 aromatic carbocycles. The van der Waals surface area contributed by atoms with Gasteiger partial charge in [0.15, 0.2) is 0 Å². The molecule has 0 saturated heterocycles. The molecule has 0 bridgehead atoms. The first-order valence-electron chi connectivity index (χ1n) is 5.36. The van der Waals surface area contributed by atoms with Gasteiger partial charge in [-0.15, -0.1) is 0 Å². The average molecular weight is 257 g/mol. The van der Waals surface area contributed by atoms with Crippen LogP contribution in [0.1, 0.15) is 11.6 Å². The highest BCUT2D eigenvalue weighted by Gasteiger charge is 2.20. The van der Waals surface area contributed by atoms with Crippen LogP contribution in [0.15, 0.2) is 30.3 Å². The van der Waals surface area contributed by atoms with Crippen LogP contribution in [0.5, 0.6) is 0 Å². The third kappa shape index (κ3) is 4.82. The maximum atomic E-state index is 10.8. The minimum absolute atomic E-state index is 0.291. The highest BCUT2D eigenvalue weighted by Crippen LogP contribution is 2.15. The van der Waals surface area contributed by atoms with Gasteiger partial charge in [-0.05, 0) is 19.7 Å². The van der Waals surface area contributed by atoms with Crippen LogP contribution in [0.4, 0.5) is 0 Å². The molecule has 0 saturated carbocycles. The lowest BCUT2D eigenvalue weighted by Gasteiger charge is -2.25. The van der Waals surface area contributed by atoms with Gasteiger partial charge < -0.3 is 10.6 Å². The van der Waals surface area contributed by atoms with Crippen LogP contribution in [0.25, 0.3) is 0 Å². The summed E-state index contributed by atoms with van der Waals surface area (Å²) < 4.78 is 24.2. The summed E-state index contributed by atoms with van der Waals surface area (Å²) >= 11 is 0. The van der Waals surface area contributed by atoms with E-state index in [1.807, 2.05) is 49.3 Å². The number of hydrogen-bond acceptors (Lipinski definition) is 4. The first-order valence-corrected chi connectivity index (χ1v) is 6.54. The fraction of sp³-hybridized carbons (Fsp3) is 0.455. The van der Waals surface area contributed by atoms with Crippen LogP contribution in [0.3, 0.4) is 0 Å². The Hall–Kier alpha value is -0.950. The highest BCUT2D eigenvalue weighted by molar-refractivity contribution is 7.70. The molecule has 2 atom stereocenters. The van der Waals surface area contributed by atoms with E-state index >= 15 is 0 Å². The minimum Gasteiger partial charge on any atom is -0.325 e. The Morgan fingerprint density at radius 2 is 1.88 bits per heavy atom. The number of nitrogens with two attached hydrogens (primary N) is 1. The van der Waals surface area contributed by atoms with Crippen LogP contribution >= 0.6 is 0 Å². The number of thiol groups is 1. The van der Waals surface area contributed by atoms with E-state index in [1.165, 1.54) is 0 Å². The van der Waals surface area contributed by atoms with E-state index in [0.717, 1.165) is 5.56 Å². The molecule has 3 N–H and O–H groups in total. The van der Waals surface area contributed by atoms with Crippen LogP contribution in [0, 0.1) is 0 Å². The first-order chi connectivity index (χ1) is 8.00. The molecule has 1 rings (SSSR count). The molecule has 0 spiro atoms. The first kappa shape index (κ1) is 14.1. The number of hydrogen-bond donors (Lipinski definition) is 3. The summed E-state index contributed by atoms with van der Waals surface area (Å²) in [5, 5.41) is 0. The third-order valence-corrected chi connectivity index (χ3v) is 2.90. The second kappa shape index (κ2) is 6.70. The summed E-state index contributed by atoms with van der Waals surface area (Å²) in [7, 11) is 1.13. The molecular weight excluding hydrogens is 238 g/mol. The Balaban J connectivity index is 2.87.